The van der Waals surface area contributed by atoms with Gasteiger partial charge < -0.3 is 41.3 Å². The highest BCUT2D eigenvalue weighted by atomic mass is 16.4. The van der Waals surface area contributed by atoms with Crippen LogP contribution in [0.15, 0.2) is 29.3 Å². The molecule has 0 saturated heterocycles. The predicted octanol–water partition coefficient (Wildman–Crippen LogP) is -5.52. The number of benzene rings is 1. The second kappa shape index (κ2) is 14.2. The summed E-state index contributed by atoms with van der Waals surface area (Å²) < 4.78 is 0. The summed E-state index contributed by atoms with van der Waals surface area (Å²) in [6.45, 7) is 1.00. The van der Waals surface area contributed by atoms with Crippen LogP contribution < -0.4 is 36.9 Å². The number of aliphatic hydroxyl groups is 1. The van der Waals surface area contributed by atoms with Crippen LogP contribution in [0.5, 0.6) is 0 Å². The number of rotatable bonds is 14. The van der Waals surface area contributed by atoms with E-state index in [0.717, 1.165) is 4.90 Å². The van der Waals surface area contributed by atoms with Gasteiger partial charge in [-0.3, -0.25) is 20.1 Å². The first kappa shape index (κ1) is 31.8. The number of aliphatic carboxylic acids is 3. The van der Waals surface area contributed by atoms with Crippen LogP contribution in [0.25, 0.3) is 0 Å². The first-order valence-corrected chi connectivity index (χ1v) is 13.2. The number of nitrogens with two attached hydrogens (primary N) is 1. The standard InChI is InChI=1S/C25H34N8O9/c1-33-14(11-28-20-19(33)22(38)32-25(26)31-20)10-27-13-4-2-12(3-5-13)21(37)30-16(24(41)42)6-8-17(34)29-15(23(39)40)7-9-18(35)36/h2-5,14-16,19,22,27,38H,6-11H2,1H3,(H,29,34)(H,30,37)(H,35,36)(H,39,40)(H,41,42)(H3,26,28,31,32)/p+2/t14-,15-,16-,19?,22?/m0/s1. The minimum absolute atomic E-state index is 0.0239. The molecule has 12 N–H and O–H groups in total. The van der Waals surface area contributed by atoms with Crippen LogP contribution in [0.4, 0.5) is 5.69 Å². The van der Waals surface area contributed by atoms with Crippen LogP contribution in [0.3, 0.4) is 0 Å². The van der Waals surface area contributed by atoms with Gasteiger partial charge in [0.15, 0.2) is 0 Å². The summed E-state index contributed by atoms with van der Waals surface area (Å²) in [7, 11) is 1.94. The Balaban J connectivity index is 1.50. The highest BCUT2D eigenvalue weighted by Crippen LogP contribution is 2.11. The summed E-state index contributed by atoms with van der Waals surface area (Å²) in [6, 6.07) is 3.16. The minimum atomic E-state index is -1.44. The highest BCUT2D eigenvalue weighted by molar-refractivity contribution is 6.00. The lowest BCUT2D eigenvalue weighted by atomic mass is 10.1. The minimum Gasteiger partial charge on any atom is -0.481 e. The highest BCUT2D eigenvalue weighted by Gasteiger charge is 2.45. The van der Waals surface area contributed by atoms with Crippen LogP contribution >= 0.6 is 0 Å². The summed E-state index contributed by atoms with van der Waals surface area (Å²) in [6.07, 6.45) is -2.41. The quantitative estimate of drug-likeness (QED) is 0.0965. The van der Waals surface area contributed by atoms with E-state index >= 15 is 0 Å². The van der Waals surface area contributed by atoms with Gasteiger partial charge in [0, 0.05) is 24.1 Å². The molecule has 0 spiro atoms. The lowest BCUT2D eigenvalue weighted by Crippen LogP contribution is -3.24. The third-order valence-corrected chi connectivity index (χ3v) is 7.04. The van der Waals surface area contributed by atoms with Gasteiger partial charge in [0.05, 0.1) is 20.1 Å². The van der Waals surface area contributed by atoms with Crippen molar-refractivity contribution in [1.29, 1.82) is 0 Å². The Morgan fingerprint density at radius 3 is 2.29 bits per heavy atom. The number of hydrogen-bond acceptors (Lipinski definition) is 10. The molecule has 0 aromatic heterocycles. The fraction of sp³-hybridized carbons (Fsp3) is 0.480. The van der Waals surface area contributed by atoms with Crippen molar-refractivity contribution in [3.63, 3.8) is 0 Å². The van der Waals surface area contributed by atoms with Crippen molar-refractivity contribution in [2.24, 2.45) is 10.7 Å². The van der Waals surface area contributed by atoms with E-state index in [1.54, 1.807) is 12.1 Å². The zero-order valence-electron chi connectivity index (χ0n) is 22.8. The maximum absolute atomic E-state index is 12.7. The van der Waals surface area contributed by atoms with Crippen molar-refractivity contribution in [2.75, 3.05) is 25.5 Å². The fourth-order valence-electron chi connectivity index (χ4n) is 4.63. The van der Waals surface area contributed by atoms with Gasteiger partial charge in [-0.15, -0.1) is 0 Å². The molecule has 17 nitrogen and oxygen atoms in total. The number of quaternary nitrogens is 1. The van der Waals surface area contributed by atoms with E-state index in [2.05, 4.69) is 31.3 Å². The van der Waals surface area contributed by atoms with E-state index < -0.39 is 60.9 Å². The fourth-order valence-corrected chi connectivity index (χ4v) is 4.63. The van der Waals surface area contributed by atoms with E-state index in [0.29, 0.717) is 24.6 Å². The lowest BCUT2D eigenvalue weighted by Gasteiger charge is -2.36. The molecular weight excluding hydrogens is 556 g/mol. The van der Waals surface area contributed by atoms with E-state index in [-0.39, 0.29) is 36.4 Å². The van der Waals surface area contributed by atoms with Gasteiger partial charge in [-0.2, -0.15) is 0 Å². The molecular formula is C25H36N8O9+2. The second-order valence-electron chi connectivity index (χ2n) is 10.0. The Kier molecular flexibility index (Phi) is 10.8. The van der Waals surface area contributed by atoms with Gasteiger partial charge in [-0.1, -0.05) is 0 Å². The molecule has 0 radical (unpaired) electrons. The Morgan fingerprint density at radius 2 is 1.67 bits per heavy atom. The lowest BCUT2D eigenvalue weighted by molar-refractivity contribution is -0.936. The smallest absolute Gasteiger partial charge is 0.349 e. The van der Waals surface area contributed by atoms with Gasteiger partial charge in [0.1, 0.15) is 18.1 Å². The average molecular weight is 593 g/mol. The van der Waals surface area contributed by atoms with Crippen molar-refractivity contribution >= 4 is 47.2 Å². The normalized spacial score (nSPS) is 22.6. The zero-order valence-corrected chi connectivity index (χ0v) is 22.8. The van der Waals surface area contributed by atoms with Gasteiger partial charge in [0.25, 0.3) is 5.91 Å². The third kappa shape index (κ3) is 8.61. The SMILES string of the molecule is C[NH+]1C2C(=NC[C@@H]1CNc1ccc(C(=O)N[C@@H](CCC(=O)N[C@@H](CCC(=O)O)C(=O)O)C(=O)O)cc1)NC(N)=[NH+]C2O. The van der Waals surface area contributed by atoms with Gasteiger partial charge >= 0.3 is 23.9 Å². The number of amides is 2. The van der Waals surface area contributed by atoms with Crippen LogP contribution in [-0.2, 0) is 19.2 Å². The van der Waals surface area contributed by atoms with Crippen LogP contribution in [-0.4, -0.2) is 112 Å². The summed E-state index contributed by atoms with van der Waals surface area (Å²) in [5, 5.41) is 48.5. The maximum Gasteiger partial charge on any atom is 0.349 e. The van der Waals surface area contributed by atoms with E-state index in [1.165, 1.54) is 12.1 Å². The number of hydrogen-bond donors (Lipinski definition) is 11. The Bertz CT molecular complexity index is 1250. The number of anilines is 1. The van der Waals surface area contributed by atoms with Crippen LogP contribution in [0.2, 0.25) is 0 Å². The van der Waals surface area contributed by atoms with Crippen molar-refractivity contribution in [3.8, 4) is 0 Å². The molecule has 228 valence electrons. The largest absolute Gasteiger partial charge is 0.481 e. The second-order valence-corrected chi connectivity index (χ2v) is 10.0. The molecule has 3 rings (SSSR count). The number of carboxylic acid groups (broad SMARTS) is 3. The topological polar surface area (TPSA) is 271 Å². The predicted molar refractivity (Wildman–Crippen MR) is 146 cm³/mol. The van der Waals surface area contributed by atoms with Gasteiger partial charge in [-0.25, -0.2) is 24.9 Å². The molecule has 1 aromatic rings. The number of nitrogens with one attached hydrogen (secondary N) is 6. The number of fused-ring (bicyclic) bond motifs is 1. The number of carbonyl (C=O) groups is 5. The molecule has 17 heteroatoms. The molecule has 42 heavy (non-hydrogen) atoms. The number of aliphatic imine (C=N–C) groups is 1. The molecule has 0 bridgehead atoms. The maximum atomic E-state index is 12.7. The first-order valence-electron chi connectivity index (χ1n) is 13.2. The van der Waals surface area contributed by atoms with Crippen molar-refractivity contribution in [3.05, 3.63) is 29.8 Å². The number of carboxylic acids is 3. The molecule has 2 aliphatic heterocycles. The molecule has 0 fully saturated rings. The Hall–Kier alpha value is -4.77. The number of nitrogens with zero attached hydrogens (tertiary/aromatic N) is 1. The number of likely N-dealkylation sites (N-methyl/N-ethyl adjacent to an activating group) is 1. The molecule has 3 unspecified atom stereocenters. The number of aliphatic hydroxyl groups excluding tert-OH is 1. The third-order valence-electron chi connectivity index (χ3n) is 7.04. The molecule has 1 aromatic carbocycles. The average Bonchev–Trinajstić information content (AvgIpc) is 2.92. The molecule has 0 aliphatic carbocycles. The van der Waals surface area contributed by atoms with E-state index in [9.17, 15) is 34.2 Å². The van der Waals surface area contributed by atoms with Crippen molar-refractivity contribution in [1.82, 2.24) is 16.0 Å². The molecule has 2 aliphatic rings. The number of amidine groups is 1. The summed E-state index contributed by atoms with van der Waals surface area (Å²) in [4.78, 5) is 66.7. The van der Waals surface area contributed by atoms with E-state index in [4.69, 9.17) is 15.9 Å². The van der Waals surface area contributed by atoms with Crippen molar-refractivity contribution in [2.45, 2.75) is 56.1 Å². The van der Waals surface area contributed by atoms with Gasteiger partial charge in [0.2, 0.25) is 24.0 Å². The monoisotopic (exact) mass is 592 g/mol. The Labute approximate surface area is 239 Å². The van der Waals surface area contributed by atoms with Crippen molar-refractivity contribution < 1.29 is 54.3 Å². The molecule has 0 saturated carbocycles. The number of guanidine groups is 1. The number of carbonyl (C=O) groups excluding carboxylic acids is 2. The zero-order chi connectivity index (χ0) is 31.0. The van der Waals surface area contributed by atoms with E-state index in [1.807, 2.05) is 7.05 Å². The molecule has 2 amide bonds. The Morgan fingerprint density at radius 1 is 1.05 bits per heavy atom. The summed E-state index contributed by atoms with van der Waals surface area (Å²) >= 11 is 0. The van der Waals surface area contributed by atoms with Gasteiger partial charge in [-0.05, 0) is 37.1 Å². The first-order chi connectivity index (χ1) is 19.8. The van der Waals surface area contributed by atoms with Crippen LogP contribution in [0.1, 0.15) is 36.0 Å². The summed E-state index contributed by atoms with van der Waals surface area (Å²) in [5.74, 6) is -4.63. The molecule has 2 heterocycles. The van der Waals surface area contributed by atoms with Crippen LogP contribution in [0, 0.1) is 0 Å². The summed E-state index contributed by atoms with van der Waals surface area (Å²) in [5.41, 5.74) is 6.60. The molecule has 6 atom stereocenters.